The topological polar surface area (TPSA) is 78.0 Å². The number of aldehydes is 1. The largest absolute Gasteiger partial charge is 0.298 e. The number of carbonyl (C=O) groups is 1. The van der Waals surface area contributed by atoms with E-state index in [4.69, 9.17) is 0 Å². The zero-order valence-electron chi connectivity index (χ0n) is 12.0. The summed E-state index contributed by atoms with van der Waals surface area (Å²) in [6.07, 6.45) is 0.562. The van der Waals surface area contributed by atoms with Crippen molar-refractivity contribution in [3.05, 3.63) is 74.6 Å². The number of nitro groups is 1. The predicted molar refractivity (Wildman–Crippen MR) is 88.7 cm³/mol. The van der Waals surface area contributed by atoms with Gasteiger partial charge in [-0.2, -0.15) is 5.10 Å². The first kappa shape index (κ1) is 16.0. The molecule has 3 aromatic rings. The fourth-order valence-corrected chi connectivity index (χ4v) is 2.84. The highest BCUT2D eigenvalue weighted by molar-refractivity contribution is 9.10. The Kier molecular flexibility index (Phi) is 4.22. The molecule has 0 saturated carbocycles. The van der Waals surface area contributed by atoms with Gasteiger partial charge >= 0.3 is 0 Å². The zero-order chi connectivity index (χ0) is 17.3. The number of benzene rings is 2. The maximum Gasteiger partial charge on any atom is 0.271 e. The highest BCUT2D eigenvalue weighted by atomic mass is 79.9. The lowest BCUT2D eigenvalue weighted by atomic mass is 10.1. The average molecular weight is 390 g/mol. The SMILES string of the molecule is O=Cc1c(-c2ccccc2F)nn(-c2cccc([N+](=O)[O-])c2)c1Br. The van der Waals surface area contributed by atoms with Gasteiger partial charge in [-0.25, -0.2) is 9.07 Å². The number of nitrogens with zero attached hydrogens (tertiary/aromatic N) is 3. The lowest BCUT2D eigenvalue weighted by molar-refractivity contribution is -0.384. The van der Waals surface area contributed by atoms with Crippen LogP contribution >= 0.6 is 15.9 Å². The molecule has 0 fully saturated rings. The molecule has 120 valence electrons. The Morgan fingerprint density at radius 2 is 1.96 bits per heavy atom. The number of rotatable bonds is 4. The van der Waals surface area contributed by atoms with Gasteiger partial charge in [0.1, 0.15) is 16.1 Å². The minimum absolute atomic E-state index is 0.116. The molecular weight excluding hydrogens is 381 g/mol. The Morgan fingerprint density at radius 1 is 1.21 bits per heavy atom. The molecule has 1 aromatic heterocycles. The molecule has 0 N–H and O–H groups in total. The van der Waals surface area contributed by atoms with Gasteiger partial charge in [-0.05, 0) is 34.1 Å². The average Bonchev–Trinajstić information content (AvgIpc) is 2.91. The van der Waals surface area contributed by atoms with Gasteiger partial charge in [0.05, 0.1) is 16.2 Å². The summed E-state index contributed by atoms with van der Waals surface area (Å²) < 4.78 is 15.6. The summed E-state index contributed by atoms with van der Waals surface area (Å²) in [5, 5.41) is 15.2. The van der Waals surface area contributed by atoms with Crippen LogP contribution < -0.4 is 0 Å². The van der Waals surface area contributed by atoms with Crippen molar-refractivity contribution >= 4 is 27.9 Å². The van der Waals surface area contributed by atoms with Crippen LogP contribution in [0.2, 0.25) is 0 Å². The fourth-order valence-electron chi connectivity index (χ4n) is 2.28. The number of hydrogen-bond acceptors (Lipinski definition) is 4. The molecule has 0 spiro atoms. The van der Waals surface area contributed by atoms with Gasteiger partial charge in [0.2, 0.25) is 0 Å². The van der Waals surface area contributed by atoms with Crippen LogP contribution in [0.1, 0.15) is 10.4 Å². The fraction of sp³-hybridized carbons (Fsp3) is 0. The van der Waals surface area contributed by atoms with Crippen LogP contribution in [-0.2, 0) is 0 Å². The zero-order valence-corrected chi connectivity index (χ0v) is 13.6. The smallest absolute Gasteiger partial charge is 0.271 e. The van der Waals surface area contributed by atoms with Crippen LogP contribution in [0.25, 0.3) is 16.9 Å². The lowest BCUT2D eigenvalue weighted by Gasteiger charge is -2.03. The van der Waals surface area contributed by atoms with Crippen molar-refractivity contribution in [1.82, 2.24) is 9.78 Å². The van der Waals surface area contributed by atoms with Gasteiger partial charge in [-0.3, -0.25) is 14.9 Å². The molecule has 0 saturated heterocycles. The molecule has 6 nitrogen and oxygen atoms in total. The molecule has 24 heavy (non-hydrogen) atoms. The summed E-state index contributed by atoms with van der Waals surface area (Å²) in [7, 11) is 0. The molecule has 0 atom stereocenters. The van der Waals surface area contributed by atoms with E-state index in [0.29, 0.717) is 12.0 Å². The molecule has 0 radical (unpaired) electrons. The van der Waals surface area contributed by atoms with E-state index in [0.717, 1.165) is 0 Å². The van der Waals surface area contributed by atoms with Gasteiger partial charge < -0.3 is 0 Å². The third-order valence-corrected chi connectivity index (χ3v) is 4.16. The van der Waals surface area contributed by atoms with Crippen molar-refractivity contribution in [3.8, 4) is 16.9 Å². The molecule has 1 heterocycles. The Hall–Kier alpha value is -2.87. The van der Waals surface area contributed by atoms with Gasteiger partial charge in [0.15, 0.2) is 6.29 Å². The lowest BCUT2D eigenvalue weighted by Crippen LogP contribution is -1.98. The van der Waals surface area contributed by atoms with E-state index in [-0.39, 0.29) is 27.1 Å². The first-order valence-electron chi connectivity index (χ1n) is 6.76. The van der Waals surface area contributed by atoms with Gasteiger partial charge in [-0.1, -0.05) is 18.2 Å². The summed E-state index contributed by atoms with van der Waals surface area (Å²) in [4.78, 5) is 21.8. The molecule has 0 amide bonds. The summed E-state index contributed by atoms with van der Waals surface area (Å²) in [5.74, 6) is -0.517. The Morgan fingerprint density at radius 3 is 2.62 bits per heavy atom. The Labute approximate surface area is 143 Å². The molecule has 0 bridgehead atoms. The quantitative estimate of drug-likeness (QED) is 0.381. The summed E-state index contributed by atoms with van der Waals surface area (Å²) in [6, 6.07) is 11.7. The molecule has 0 aliphatic rings. The monoisotopic (exact) mass is 389 g/mol. The van der Waals surface area contributed by atoms with Crippen molar-refractivity contribution in [3.63, 3.8) is 0 Å². The van der Waals surface area contributed by atoms with E-state index in [9.17, 15) is 19.3 Å². The first-order valence-corrected chi connectivity index (χ1v) is 7.55. The maximum absolute atomic E-state index is 14.0. The van der Waals surface area contributed by atoms with Gasteiger partial charge in [0, 0.05) is 17.7 Å². The molecule has 0 aliphatic carbocycles. The minimum Gasteiger partial charge on any atom is -0.298 e. The molecule has 8 heteroatoms. The van der Waals surface area contributed by atoms with Crippen LogP contribution in [0, 0.1) is 15.9 Å². The van der Waals surface area contributed by atoms with Crippen LogP contribution in [0.3, 0.4) is 0 Å². The Balaban J connectivity index is 2.21. The highest BCUT2D eigenvalue weighted by Gasteiger charge is 2.21. The maximum atomic E-state index is 14.0. The second-order valence-electron chi connectivity index (χ2n) is 4.84. The van der Waals surface area contributed by atoms with E-state index in [1.807, 2.05) is 0 Å². The standard InChI is InChI=1S/C16H9BrFN3O3/c17-16-13(9-22)15(12-6-1-2-7-14(12)18)19-20(16)10-4-3-5-11(8-10)21(23)24/h1-9H. The summed E-state index contributed by atoms with van der Waals surface area (Å²) in [6.45, 7) is 0. The van der Waals surface area contributed by atoms with Crippen LogP contribution in [0.15, 0.2) is 53.1 Å². The van der Waals surface area contributed by atoms with Crippen LogP contribution in [-0.4, -0.2) is 21.0 Å². The van der Waals surface area contributed by atoms with Crippen molar-refractivity contribution in [2.24, 2.45) is 0 Å². The van der Waals surface area contributed by atoms with Gasteiger partial charge in [-0.15, -0.1) is 0 Å². The van der Waals surface area contributed by atoms with E-state index in [2.05, 4.69) is 21.0 Å². The van der Waals surface area contributed by atoms with Crippen molar-refractivity contribution in [2.45, 2.75) is 0 Å². The van der Waals surface area contributed by atoms with Crippen LogP contribution in [0.5, 0.6) is 0 Å². The third-order valence-electron chi connectivity index (χ3n) is 3.40. The molecule has 0 unspecified atom stereocenters. The molecule has 0 aliphatic heterocycles. The van der Waals surface area contributed by atoms with Crippen molar-refractivity contribution in [2.75, 3.05) is 0 Å². The van der Waals surface area contributed by atoms with E-state index in [1.54, 1.807) is 12.1 Å². The normalized spacial score (nSPS) is 10.6. The number of carbonyl (C=O) groups excluding carboxylic acids is 1. The third kappa shape index (κ3) is 2.71. The molecule has 2 aromatic carbocycles. The number of non-ortho nitro benzene ring substituents is 1. The van der Waals surface area contributed by atoms with Crippen molar-refractivity contribution in [1.29, 1.82) is 0 Å². The van der Waals surface area contributed by atoms with Crippen molar-refractivity contribution < 1.29 is 14.1 Å². The summed E-state index contributed by atoms with van der Waals surface area (Å²) in [5.41, 5.74) is 0.745. The van der Waals surface area contributed by atoms with E-state index >= 15 is 0 Å². The summed E-state index contributed by atoms with van der Waals surface area (Å²) >= 11 is 3.26. The van der Waals surface area contributed by atoms with Gasteiger partial charge in [0.25, 0.3) is 5.69 Å². The number of nitro benzene ring substituents is 1. The Bertz CT molecular complexity index is 955. The number of halogens is 2. The minimum atomic E-state index is -0.528. The highest BCUT2D eigenvalue weighted by Crippen LogP contribution is 2.31. The van der Waals surface area contributed by atoms with Crippen LogP contribution in [0.4, 0.5) is 10.1 Å². The molecule has 3 rings (SSSR count). The van der Waals surface area contributed by atoms with E-state index < -0.39 is 10.7 Å². The predicted octanol–water partition coefficient (Wildman–Crippen LogP) is 4.16. The number of hydrogen-bond donors (Lipinski definition) is 0. The van der Waals surface area contributed by atoms with E-state index in [1.165, 1.54) is 41.1 Å². The first-order chi connectivity index (χ1) is 11.5. The second kappa shape index (κ2) is 6.32. The molecular formula is C16H9BrFN3O3. The second-order valence-corrected chi connectivity index (χ2v) is 5.59. The number of aromatic nitrogens is 2.